The van der Waals surface area contributed by atoms with Crippen molar-refractivity contribution >= 4 is 25.5 Å². The van der Waals surface area contributed by atoms with Gasteiger partial charge in [0.05, 0.1) is 10.6 Å². The van der Waals surface area contributed by atoms with Crippen LogP contribution >= 0.6 is 0 Å². The van der Waals surface area contributed by atoms with Crippen molar-refractivity contribution in [2.24, 2.45) is 0 Å². The van der Waals surface area contributed by atoms with Gasteiger partial charge in [0.25, 0.3) is 0 Å². The summed E-state index contributed by atoms with van der Waals surface area (Å²) in [5, 5.41) is 3.10. The molecule has 6 nitrogen and oxygen atoms in total. The third-order valence-corrected chi connectivity index (χ3v) is 5.27. The molecular formula is C11H16N2O4S2. The Balaban J connectivity index is 2.12. The Bertz CT molecular complexity index is 681. The van der Waals surface area contributed by atoms with Crippen molar-refractivity contribution in [3.63, 3.8) is 0 Å². The van der Waals surface area contributed by atoms with E-state index < -0.39 is 19.9 Å². The Labute approximate surface area is 113 Å². The molecule has 0 spiro atoms. The molecule has 2 N–H and O–H groups in total. The summed E-state index contributed by atoms with van der Waals surface area (Å²) in [6, 6.07) is 4.89. The van der Waals surface area contributed by atoms with Crippen LogP contribution in [0, 0.1) is 0 Å². The number of benzene rings is 1. The maximum atomic E-state index is 12.0. The number of rotatable bonds is 5. The largest absolute Gasteiger partial charge is 0.384 e. The fourth-order valence-electron chi connectivity index (χ4n) is 1.88. The monoisotopic (exact) mass is 304 g/mol. The normalized spacial score (nSPS) is 15.0. The topological polar surface area (TPSA) is 92.3 Å². The fourth-order valence-corrected chi connectivity index (χ4v) is 3.54. The lowest BCUT2D eigenvalue weighted by Crippen LogP contribution is -2.29. The molecule has 2 rings (SSSR count). The summed E-state index contributed by atoms with van der Waals surface area (Å²) in [7, 11) is -6.84. The minimum atomic E-state index is -3.66. The van der Waals surface area contributed by atoms with Crippen LogP contribution < -0.4 is 10.0 Å². The molecule has 106 valence electrons. The summed E-state index contributed by atoms with van der Waals surface area (Å²) in [4.78, 5) is 0.147. The molecule has 0 radical (unpaired) electrons. The molecular weight excluding hydrogens is 288 g/mol. The van der Waals surface area contributed by atoms with Crippen molar-refractivity contribution in [2.45, 2.75) is 11.3 Å². The average Bonchev–Trinajstić information content (AvgIpc) is 2.73. The molecule has 0 aromatic heterocycles. The number of anilines is 1. The van der Waals surface area contributed by atoms with Crippen LogP contribution in [-0.4, -0.2) is 41.9 Å². The van der Waals surface area contributed by atoms with Gasteiger partial charge < -0.3 is 5.32 Å². The first-order valence-corrected chi connectivity index (χ1v) is 9.36. The first-order valence-electron chi connectivity index (χ1n) is 5.82. The van der Waals surface area contributed by atoms with Crippen molar-refractivity contribution in [3.05, 3.63) is 23.8 Å². The van der Waals surface area contributed by atoms with Gasteiger partial charge in [0.1, 0.15) is 9.84 Å². The molecule has 1 aromatic carbocycles. The van der Waals surface area contributed by atoms with E-state index in [9.17, 15) is 16.8 Å². The molecule has 19 heavy (non-hydrogen) atoms. The molecule has 0 saturated heterocycles. The lowest BCUT2D eigenvalue weighted by atomic mass is 10.2. The van der Waals surface area contributed by atoms with Crippen LogP contribution in [0.3, 0.4) is 0 Å². The number of nitrogens with one attached hydrogen (secondary N) is 2. The molecule has 1 aliphatic heterocycles. The van der Waals surface area contributed by atoms with Crippen molar-refractivity contribution in [1.82, 2.24) is 4.72 Å². The van der Waals surface area contributed by atoms with Crippen molar-refractivity contribution in [1.29, 1.82) is 0 Å². The van der Waals surface area contributed by atoms with Crippen LogP contribution in [0.25, 0.3) is 0 Å². The van der Waals surface area contributed by atoms with Gasteiger partial charge in [-0.05, 0) is 24.1 Å². The maximum Gasteiger partial charge on any atom is 0.240 e. The summed E-state index contributed by atoms with van der Waals surface area (Å²) in [5.74, 6) is -0.213. The molecule has 0 saturated carbocycles. The number of sulfonamides is 1. The van der Waals surface area contributed by atoms with Gasteiger partial charge in [-0.15, -0.1) is 0 Å². The van der Waals surface area contributed by atoms with E-state index in [1.165, 1.54) is 6.07 Å². The molecule has 1 aliphatic rings. The van der Waals surface area contributed by atoms with Gasteiger partial charge in [0, 0.05) is 25.0 Å². The highest BCUT2D eigenvalue weighted by Crippen LogP contribution is 2.25. The summed E-state index contributed by atoms with van der Waals surface area (Å²) in [6.45, 7) is 0.687. The number of fused-ring (bicyclic) bond motifs is 1. The van der Waals surface area contributed by atoms with E-state index in [-0.39, 0.29) is 17.2 Å². The molecule has 1 aromatic rings. The molecule has 8 heteroatoms. The van der Waals surface area contributed by atoms with Crippen molar-refractivity contribution < 1.29 is 16.8 Å². The zero-order valence-electron chi connectivity index (χ0n) is 10.5. The predicted octanol–water partition coefficient (Wildman–Crippen LogP) is -0.0225. The highest BCUT2D eigenvalue weighted by molar-refractivity contribution is 7.91. The van der Waals surface area contributed by atoms with Crippen LogP contribution in [0.15, 0.2) is 23.1 Å². The first kappa shape index (κ1) is 14.3. The van der Waals surface area contributed by atoms with E-state index >= 15 is 0 Å². The Kier molecular flexibility index (Phi) is 3.84. The molecule has 0 fully saturated rings. The van der Waals surface area contributed by atoms with E-state index in [0.717, 1.165) is 30.5 Å². The summed E-state index contributed by atoms with van der Waals surface area (Å²) >= 11 is 0. The highest BCUT2D eigenvalue weighted by Gasteiger charge is 2.18. The second-order valence-electron chi connectivity index (χ2n) is 4.52. The Morgan fingerprint density at radius 3 is 2.68 bits per heavy atom. The second-order valence-corrected chi connectivity index (χ2v) is 8.55. The fraction of sp³-hybridized carbons (Fsp3) is 0.455. The molecule has 0 amide bonds. The molecule has 0 aliphatic carbocycles. The van der Waals surface area contributed by atoms with Crippen LogP contribution in [0.2, 0.25) is 0 Å². The van der Waals surface area contributed by atoms with Crippen molar-refractivity contribution in [2.75, 3.05) is 30.4 Å². The molecule has 0 bridgehead atoms. The van der Waals surface area contributed by atoms with Crippen LogP contribution in [0.5, 0.6) is 0 Å². The third-order valence-electron chi connectivity index (χ3n) is 2.87. The van der Waals surface area contributed by atoms with E-state index in [1.54, 1.807) is 12.1 Å². The first-order chi connectivity index (χ1) is 8.78. The molecule has 0 unspecified atom stereocenters. The van der Waals surface area contributed by atoms with Gasteiger partial charge in [-0.2, -0.15) is 0 Å². The summed E-state index contributed by atoms with van der Waals surface area (Å²) in [5.41, 5.74) is 1.92. The minimum Gasteiger partial charge on any atom is -0.384 e. The number of hydrogen-bond acceptors (Lipinski definition) is 5. The van der Waals surface area contributed by atoms with Gasteiger partial charge in [0.2, 0.25) is 10.0 Å². The third kappa shape index (κ3) is 3.68. The van der Waals surface area contributed by atoms with Gasteiger partial charge in [0.15, 0.2) is 0 Å². The lowest BCUT2D eigenvalue weighted by Gasteiger charge is -2.08. The van der Waals surface area contributed by atoms with Gasteiger partial charge >= 0.3 is 0 Å². The number of hydrogen-bond donors (Lipinski definition) is 2. The van der Waals surface area contributed by atoms with Gasteiger partial charge in [-0.1, -0.05) is 6.07 Å². The van der Waals surface area contributed by atoms with E-state index in [0.29, 0.717) is 0 Å². The predicted molar refractivity (Wildman–Crippen MR) is 73.5 cm³/mol. The highest BCUT2D eigenvalue weighted by atomic mass is 32.2. The standard InChI is InChI=1S/C11H16N2O4S2/c1-18(14,15)7-6-13-19(16,17)10-3-2-9-4-5-12-11(9)8-10/h2-3,8,12-13H,4-7H2,1H3. The minimum absolute atomic E-state index is 0.119. The smallest absolute Gasteiger partial charge is 0.240 e. The van der Waals surface area contributed by atoms with E-state index in [2.05, 4.69) is 10.0 Å². The van der Waals surface area contributed by atoms with E-state index in [4.69, 9.17) is 0 Å². The zero-order valence-corrected chi connectivity index (χ0v) is 12.1. The molecule has 1 heterocycles. The average molecular weight is 304 g/mol. The van der Waals surface area contributed by atoms with Crippen LogP contribution in [-0.2, 0) is 26.3 Å². The van der Waals surface area contributed by atoms with Crippen LogP contribution in [0.4, 0.5) is 5.69 Å². The van der Waals surface area contributed by atoms with Crippen molar-refractivity contribution in [3.8, 4) is 0 Å². The maximum absolute atomic E-state index is 12.0. The van der Waals surface area contributed by atoms with E-state index in [1.807, 2.05) is 0 Å². The van der Waals surface area contributed by atoms with Gasteiger partial charge in [-0.3, -0.25) is 0 Å². The molecule has 0 atom stereocenters. The second kappa shape index (κ2) is 5.10. The Hall–Kier alpha value is -1.12. The SMILES string of the molecule is CS(=O)(=O)CCNS(=O)(=O)c1ccc2c(c1)NCC2. The summed E-state index contributed by atoms with van der Waals surface area (Å²) in [6.07, 6.45) is 1.96. The van der Waals surface area contributed by atoms with Gasteiger partial charge in [-0.25, -0.2) is 21.6 Å². The Morgan fingerprint density at radius 2 is 2.00 bits per heavy atom. The lowest BCUT2D eigenvalue weighted by molar-refractivity contribution is 0.582. The Morgan fingerprint density at radius 1 is 1.26 bits per heavy atom. The zero-order chi connectivity index (χ0) is 14.1. The quantitative estimate of drug-likeness (QED) is 0.797. The van der Waals surface area contributed by atoms with Crippen LogP contribution in [0.1, 0.15) is 5.56 Å². The number of sulfone groups is 1. The summed E-state index contributed by atoms with van der Waals surface area (Å²) < 4.78 is 48.2.